The van der Waals surface area contributed by atoms with Crippen LogP contribution in [0.25, 0.3) is 0 Å². The summed E-state index contributed by atoms with van der Waals surface area (Å²) in [4.78, 5) is 31.9. The fourth-order valence-corrected chi connectivity index (χ4v) is 4.34. The Bertz CT molecular complexity index is 845. The minimum Gasteiger partial charge on any atom is -0.497 e. The zero-order chi connectivity index (χ0) is 20.8. The van der Waals surface area contributed by atoms with Gasteiger partial charge in [-0.25, -0.2) is 4.98 Å². The summed E-state index contributed by atoms with van der Waals surface area (Å²) in [5.74, 6) is 1.58. The van der Waals surface area contributed by atoms with E-state index in [1.165, 1.54) is 11.3 Å². The van der Waals surface area contributed by atoms with Gasteiger partial charge in [0.1, 0.15) is 16.4 Å². The number of nitrogens with one attached hydrogen (secondary N) is 1. The minimum atomic E-state index is -0.0537. The first-order chi connectivity index (χ1) is 14.0. The van der Waals surface area contributed by atoms with Crippen LogP contribution in [0.1, 0.15) is 41.0 Å². The van der Waals surface area contributed by atoms with E-state index >= 15 is 0 Å². The molecule has 7 nitrogen and oxygen atoms in total. The number of aromatic nitrogens is 1. The van der Waals surface area contributed by atoms with Gasteiger partial charge in [0.15, 0.2) is 0 Å². The number of carbonyl (C=O) groups excluding carboxylic acids is 2. The number of ether oxygens (including phenoxy) is 2. The molecule has 1 aromatic carbocycles. The Morgan fingerprint density at radius 2 is 1.97 bits per heavy atom. The van der Waals surface area contributed by atoms with E-state index in [1.54, 1.807) is 37.9 Å². The number of anilines is 1. The lowest BCUT2D eigenvalue weighted by molar-refractivity contribution is -0.116. The van der Waals surface area contributed by atoms with Crippen LogP contribution in [-0.2, 0) is 4.79 Å². The van der Waals surface area contributed by atoms with Gasteiger partial charge in [0.05, 0.1) is 25.4 Å². The van der Waals surface area contributed by atoms with Gasteiger partial charge in [-0.3, -0.25) is 9.59 Å². The second kappa shape index (κ2) is 9.73. The highest BCUT2D eigenvalue weighted by molar-refractivity contribution is 7.11. The maximum absolute atomic E-state index is 12.7. The molecule has 0 saturated carbocycles. The van der Waals surface area contributed by atoms with E-state index in [0.717, 1.165) is 36.4 Å². The van der Waals surface area contributed by atoms with Crippen LogP contribution in [0.5, 0.6) is 11.5 Å². The van der Waals surface area contributed by atoms with Crippen molar-refractivity contribution in [2.75, 3.05) is 32.6 Å². The number of hydrogen-bond acceptors (Lipinski definition) is 6. The molecule has 2 aromatic rings. The Balaban J connectivity index is 1.52. The van der Waals surface area contributed by atoms with Crippen molar-refractivity contribution in [2.24, 2.45) is 5.92 Å². The van der Waals surface area contributed by atoms with Crippen LogP contribution < -0.4 is 14.8 Å². The quantitative estimate of drug-likeness (QED) is 0.742. The largest absolute Gasteiger partial charge is 0.497 e. The second-order valence-electron chi connectivity index (χ2n) is 7.21. The molecule has 156 valence electrons. The molecule has 1 N–H and O–H groups in total. The van der Waals surface area contributed by atoms with Gasteiger partial charge in [-0.15, -0.1) is 11.3 Å². The second-order valence-corrected chi connectivity index (χ2v) is 8.07. The summed E-state index contributed by atoms with van der Waals surface area (Å²) in [6, 6.07) is 5.28. The van der Waals surface area contributed by atoms with Crippen molar-refractivity contribution >= 4 is 28.8 Å². The van der Waals surface area contributed by atoms with E-state index in [1.807, 2.05) is 11.8 Å². The molecule has 3 rings (SSSR count). The third-order valence-corrected chi connectivity index (χ3v) is 6.08. The highest BCUT2D eigenvalue weighted by Crippen LogP contribution is 2.27. The molecule has 8 heteroatoms. The normalized spacial score (nSPS) is 16.4. The molecule has 1 atom stereocenters. The molecule has 0 unspecified atom stereocenters. The van der Waals surface area contributed by atoms with Gasteiger partial charge in [0.25, 0.3) is 5.91 Å². The molecule has 1 aliphatic heterocycles. The van der Waals surface area contributed by atoms with Crippen LogP contribution in [0.4, 0.5) is 5.69 Å². The molecule has 2 amide bonds. The minimum absolute atomic E-state index is 0.0537. The van der Waals surface area contributed by atoms with Crippen LogP contribution in [0.15, 0.2) is 23.7 Å². The third kappa shape index (κ3) is 5.47. The summed E-state index contributed by atoms with van der Waals surface area (Å²) < 4.78 is 10.5. The monoisotopic (exact) mass is 417 g/mol. The molecule has 29 heavy (non-hydrogen) atoms. The predicted octanol–water partition coefficient (Wildman–Crippen LogP) is 3.74. The van der Waals surface area contributed by atoms with Crippen molar-refractivity contribution in [3.8, 4) is 11.5 Å². The van der Waals surface area contributed by atoms with Crippen molar-refractivity contribution in [3.63, 3.8) is 0 Å². The lowest BCUT2D eigenvalue weighted by Gasteiger charge is -2.32. The topological polar surface area (TPSA) is 80.8 Å². The number of likely N-dealkylation sites (tertiary alicyclic amines) is 1. The molecule has 1 aromatic heterocycles. The van der Waals surface area contributed by atoms with Gasteiger partial charge >= 0.3 is 0 Å². The van der Waals surface area contributed by atoms with E-state index in [9.17, 15) is 9.59 Å². The molecule has 0 bridgehead atoms. The Labute approximate surface area is 175 Å². The van der Waals surface area contributed by atoms with Gasteiger partial charge in [0, 0.05) is 43.4 Å². The first-order valence-electron chi connectivity index (χ1n) is 9.72. The Hall–Kier alpha value is -2.61. The van der Waals surface area contributed by atoms with Crippen LogP contribution in [0, 0.1) is 12.8 Å². The molecule has 0 spiro atoms. The van der Waals surface area contributed by atoms with Crippen molar-refractivity contribution < 1.29 is 19.1 Å². The van der Waals surface area contributed by atoms with E-state index in [2.05, 4.69) is 10.3 Å². The number of methoxy groups -OCH3 is 2. The van der Waals surface area contributed by atoms with Crippen molar-refractivity contribution in [2.45, 2.75) is 32.6 Å². The summed E-state index contributed by atoms with van der Waals surface area (Å²) in [6.07, 6.45) is 3.15. The first kappa shape index (κ1) is 21.1. The molecule has 0 radical (unpaired) electrons. The van der Waals surface area contributed by atoms with Crippen LogP contribution in [0.2, 0.25) is 0 Å². The summed E-state index contributed by atoms with van der Waals surface area (Å²) in [5.41, 5.74) is 3.14. The lowest BCUT2D eigenvalue weighted by Crippen LogP contribution is -2.40. The van der Waals surface area contributed by atoms with Crippen molar-refractivity contribution in [3.05, 3.63) is 34.3 Å². The molecule has 2 heterocycles. The first-order valence-corrected chi connectivity index (χ1v) is 10.6. The van der Waals surface area contributed by atoms with Crippen LogP contribution in [0.3, 0.4) is 0 Å². The van der Waals surface area contributed by atoms with Gasteiger partial charge in [0.2, 0.25) is 5.91 Å². The number of aryl methyl sites for hydroxylation is 1. The summed E-state index contributed by atoms with van der Waals surface area (Å²) >= 11 is 1.39. The average molecular weight is 418 g/mol. The third-order valence-electron chi connectivity index (χ3n) is 5.16. The van der Waals surface area contributed by atoms with E-state index in [0.29, 0.717) is 36.1 Å². The molecule has 1 saturated heterocycles. The zero-order valence-corrected chi connectivity index (χ0v) is 17.9. The summed E-state index contributed by atoms with van der Waals surface area (Å²) in [6.45, 7) is 3.32. The Morgan fingerprint density at radius 3 is 2.59 bits per heavy atom. The summed E-state index contributed by atoms with van der Waals surface area (Å²) in [5, 5.41) is 2.91. The zero-order valence-electron chi connectivity index (χ0n) is 17.1. The molecule has 1 fully saturated rings. The van der Waals surface area contributed by atoms with Crippen molar-refractivity contribution in [1.29, 1.82) is 0 Å². The highest BCUT2D eigenvalue weighted by atomic mass is 32.1. The lowest BCUT2D eigenvalue weighted by atomic mass is 9.93. The number of amides is 2. The smallest absolute Gasteiger partial charge is 0.265 e. The number of thiazole rings is 1. The van der Waals surface area contributed by atoms with E-state index < -0.39 is 0 Å². The number of benzene rings is 1. The SMILES string of the molecule is COc1cc(NC(=O)CC[C@H]2CCCN(C(=O)c3scnc3C)C2)cc(OC)c1. The highest BCUT2D eigenvalue weighted by Gasteiger charge is 2.26. The molecule has 0 aliphatic carbocycles. The number of rotatable bonds is 7. The average Bonchev–Trinajstić information content (AvgIpc) is 3.17. The predicted molar refractivity (Wildman–Crippen MR) is 113 cm³/mol. The van der Waals surface area contributed by atoms with Gasteiger partial charge < -0.3 is 19.7 Å². The number of hydrogen-bond donors (Lipinski definition) is 1. The molecular formula is C21H27N3O4S. The van der Waals surface area contributed by atoms with Gasteiger partial charge in [-0.05, 0) is 32.1 Å². The number of carbonyl (C=O) groups is 2. The Kier molecular flexibility index (Phi) is 7.09. The van der Waals surface area contributed by atoms with Crippen molar-refractivity contribution in [1.82, 2.24) is 9.88 Å². The number of piperidine rings is 1. The van der Waals surface area contributed by atoms with Crippen LogP contribution in [-0.4, -0.2) is 49.0 Å². The fourth-order valence-electron chi connectivity index (χ4n) is 3.57. The van der Waals surface area contributed by atoms with E-state index in [4.69, 9.17) is 9.47 Å². The maximum atomic E-state index is 12.7. The summed E-state index contributed by atoms with van der Waals surface area (Å²) in [7, 11) is 3.15. The number of nitrogens with zero attached hydrogens (tertiary/aromatic N) is 2. The Morgan fingerprint density at radius 1 is 1.24 bits per heavy atom. The van der Waals surface area contributed by atoms with Crippen LogP contribution >= 0.6 is 11.3 Å². The van der Waals surface area contributed by atoms with Gasteiger partial charge in [-0.1, -0.05) is 0 Å². The molecule has 1 aliphatic rings. The molecular weight excluding hydrogens is 390 g/mol. The maximum Gasteiger partial charge on any atom is 0.265 e. The van der Waals surface area contributed by atoms with Gasteiger partial charge in [-0.2, -0.15) is 0 Å². The van der Waals surface area contributed by atoms with E-state index in [-0.39, 0.29) is 11.8 Å². The standard InChI is InChI=1S/C21H27N3O4S/c1-14-20(29-13-22-14)21(26)24-8-4-5-15(12-24)6-7-19(25)23-16-9-17(27-2)11-18(10-16)28-3/h9-11,13,15H,4-8,12H2,1-3H3,(H,23,25)/t15-/m1/s1. The fraction of sp³-hybridized carbons (Fsp3) is 0.476.